The van der Waals surface area contributed by atoms with Crippen LogP contribution in [0, 0.1) is 11.8 Å². The van der Waals surface area contributed by atoms with Crippen LogP contribution in [0.4, 0.5) is 0 Å². The second-order valence-electron chi connectivity index (χ2n) is 3.69. The summed E-state index contributed by atoms with van der Waals surface area (Å²) in [5.74, 6) is 7.34. The number of aliphatic hydroxyl groups excluding tert-OH is 1. The van der Waals surface area contributed by atoms with Gasteiger partial charge in [-0.2, -0.15) is 0 Å². The van der Waals surface area contributed by atoms with Gasteiger partial charge < -0.3 is 19.9 Å². The molecule has 0 saturated carbocycles. The molecule has 4 nitrogen and oxygen atoms in total. The standard InChI is InChI=1S/C14H19NO3/c1-15-7-5-4-6-12-13(17-2)8-11(10-16)9-14(12)18-3/h8-9,15-16H,5,7,10H2,1-3H3. The third-order valence-electron chi connectivity index (χ3n) is 2.46. The molecule has 0 aliphatic carbocycles. The van der Waals surface area contributed by atoms with E-state index in [9.17, 15) is 0 Å². The van der Waals surface area contributed by atoms with Crippen molar-refractivity contribution < 1.29 is 14.6 Å². The van der Waals surface area contributed by atoms with Gasteiger partial charge in [-0.05, 0) is 24.7 Å². The van der Waals surface area contributed by atoms with E-state index in [0.29, 0.717) is 17.1 Å². The summed E-state index contributed by atoms with van der Waals surface area (Å²) >= 11 is 0. The lowest BCUT2D eigenvalue weighted by atomic mass is 10.1. The van der Waals surface area contributed by atoms with Crippen molar-refractivity contribution in [2.75, 3.05) is 27.8 Å². The average Bonchev–Trinajstić information content (AvgIpc) is 2.42. The number of ether oxygens (including phenoxy) is 2. The number of methoxy groups -OCH3 is 2. The summed E-state index contributed by atoms with van der Waals surface area (Å²) in [6.07, 6.45) is 0.755. The van der Waals surface area contributed by atoms with Gasteiger partial charge in [-0.25, -0.2) is 0 Å². The first-order valence-corrected chi connectivity index (χ1v) is 5.76. The van der Waals surface area contributed by atoms with Crippen LogP contribution < -0.4 is 14.8 Å². The van der Waals surface area contributed by atoms with Gasteiger partial charge in [-0.3, -0.25) is 0 Å². The fourth-order valence-corrected chi connectivity index (χ4v) is 1.52. The molecule has 0 saturated heterocycles. The van der Waals surface area contributed by atoms with Gasteiger partial charge in [0.05, 0.1) is 20.8 Å². The van der Waals surface area contributed by atoms with E-state index >= 15 is 0 Å². The summed E-state index contributed by atoms with van der Waals surface area (Å²) in [5, 5.41) is 12.2. The molecule has 0 radical (unpaired) electrons. The molecule has 0 spiro atoms. The summed E-state index contributed by atoms with van der Waals surface area (Å²) in [5.41, 5.74) is 1.46. The van der Waals surface area contributed by atoms with Crippen LogP contribution in [0.25, 0.3) is 0 Å². The first-order valence-electron chi connectivity index (χ1n) is 5.76. The fraction of sp³-hybridized carbons (Fsp3) is 0.429. The van der Waals surface area contributed by atoms with Gasteiger partial charge >= 0.3 is 0 Å². The zero-order valence-corrected chi connectivity index (χ0v) is 11.0. The third-order valence-corrected chi connectivity index (χ3v) is 2.46. The minimum atomic E-state index is -0.0554. The third kappa shape index (κ3) is 3.66. The Kier molecular flexibility index (Phi) is 6.06. The summed E-state index contributed by atoms with van der Waals surface area (Å²) in [6, 6.07) is 3.54. The average molecular weight is 249 g/mol. The SMILES string of the molecule is CNCCC#Cc1c(OC)cc(CO)cc1OC. The first-order chi connectivity index (χ1) is 8.76. The lowest BCUT2D eigenvalue weighted by Gasteiger charge is -2.10. The van der Waals surface area contributed by atoms with E-state index in [-0.39, 0.29) is 6.61 Å². The molecule has 1 aromatic carbocycles. The number of benzene rings is 1. The van der Waals surface area contributed by atoms with Gasteiger partial charge in [0.1, 0.15) is 17.1 Å². The van der Waals surface area contributed by atoms with Crippen molar-refractivity contribution in [3.8, 4) is 23.3 Å². The Morgan fingerprint density at radius 3 is 2.28 bits per heavy atom. The quantitative estimate of drug-likeness (QED) is 0.607. The molecule has 1 rings (SSSR count). The molecule has 0 amide bonds. The Balaban J connectivity index is 3.09. The zero-order chi connectivity index (χ0) is 13.4. The van der Waals surface area contributed by atoms with Gasteiger partial charge in [-0.15, -0.1) is 0 Å². The van der Waals surface area contributed by atoms with Crippen LogP contribution in [-0.2, 0) is 6.61 Å². The molecule has 4 heteroatoms. The summed E-state index contributed by atoms with van der Waals surface area (Å²) in [7, 11) is 5.04. The Hall–Kier alpha value is -1.70. The van der Waals surface area contributed by atoms with Crippen molar-refractivity contribution in [3.05, 3.63) is 23.3 Å². The highest BCUT2D eigenvalue weighted by Crippen LogP contribution is 2.29. The molecule has 0 aliphatic heterocycles. The van der Waals surface area contributed by atoms with Crippen molar-refractivity contribution in [3.63, 3.8) is 0 Å². The van der Waals surface area contributed by atoms with E-state index in [4.69, 9.17) is 14.6 Å². The van der Waals surface area contributed by atoms with E-state index in [0.717, 1.165) is 18.5 Å². The summed E-state index contributed by atoms with van der Waals surface area (Å²) in [4.78, 5) is 0. The molecular formula is C14H19NO3. The molecule has 98 valence electrons. The van der Waals surface area contributed by atoms with Gasteiger partial charge in [0.2, 0.25) is 0 Å². The van der Waals surface area contributed by atoms with Crippen molar-refractivity contribution in [1.29, 1.82) is 0 Å². The summed E-state index contributed by atoms with van der Waals surface area (Å²) in [6.45, 7) is 0.784. The van der Waals surface area contributed by atoms with Gasteiger partial charge in [0.25, 0.3) is 0 Å². The Morgan fingerprint density at radius 1 is 1.22 bits per heavy atom. The van der Waals surface area contributed by atoms with Crippen molar-refractivity contribution in [2.45, 2.75) is 13.0 Å². The Morgan fingerprint density at radius 2 is 1.83 bits per heavy atom. The molecule has 0 fully saturated rings. The monoisotopic (exact) mass is 249 g/mol. The van der Waals surface area contributed by atoms with Gasteiger partial charge in [0, 0.05) is 13.0 Å². The van der Waals surface area contributed by atoms with Crippen LogP contribution in [0.5, 0.6) is 11.5 Å². The summed E-state index contributed by atoms with van der Waals surface area (Å²) < 4.78 is 10.6. The number of hydrogen-bond donors (Lipinski definition) is 2. The molecule has 18 heavy (non-hydrogen) atoms. The Labute approximate surface area is 108 Å². The predicted octanol–water partition coefficient (Wildman–Crippen LogP) is 1.16. The topological polar surface area (TPSA) is 50.7 Å². The second kappa shape index (κ2) is 7.59. The Bertz CT molecular complexity index is 421. The highest BCUT2D eigenvalue weighted by atomic mass is 16.5. The molecule has 2 N–H and O–H groups in total. The fourth-order valence-electron chi connectivity index (χ4n) is 1.52. The first kappa shape index (κ1) is 14.4. The molecular weight excluding hydrogens is 230 g/mol. The van der Waals surface area contributed by atoms with Crippen molar-refractivity contribution in [1.82, 2.24) is 5.32 Å². The van der Waals surface area contributed by atoms with Gasteiger partial charge in [0.15, 0.2) is 0 Å². The van der Waals surface area contributed by atoms with E-state index in [1.807, 2.05) is 7.05 Å². The van der Waals surface area contributed by atoms with Gasteiger partial charge in [-0.1, -0.05) is 11.8 Å². The largest absolute Gasteiger partial charge is 0.495 e. The lowest BCUT2D eigenvalue weighted by Crippen LogP contribution is -2.06. The smallest absolute Gasteiger partial charge is 0.138 e. The molecule has 0 aromatic heterocycles. The van der Waals surface area contributed by atoms with E-state index in [2.05, 4.69) is 17.2 Å². The molecule has 0 unspecified atom stereocenters. The van der Waals surface area contributed by atoms with E-state index < -0.39 is 0 Å². The van der Waals surface area contributed by atoms with Crippen LogP contribution in [-0.4, -0.2) is 32.9 Å². The van der Waals surface area contributed by atoms with Crippen LogP contribution in [0.2, 0.25) is 0 Å². The highest BCUT2D eigenvalue weighted by Gasteiger charge is 2.10. The van der Waals surface area contributed by atoms with Crippen LogP contribution >= 0.6 is 0 Å². The molecule has 0 heterocycles. The van der Waals surface area contributed by atoms with Crippen LogP contribution in [0.15, 0.2) is 12.1 Å². The maximum Gasteiger partial charge on any atom is 0.138 e. The van der Waals surface area contributed by atoms with Crippen LogP contribution in [0.1, 0.15) is 17.5 Å². The maximum atomic E-state index is 9.16. The number of rotatable bonds is 5. The van der Waals surface area contributed by atoms with E-state index in [1.165, 1.54) is 0 Å². The molecule has 0 aliphatic rings. The highest BCUT2D eigenvalue weighted by molar-refractivity contribution is 5.57. The van der Waals surface area contributed by atoms with Crippen molar-refractivity contribution in [2.24, 2.45) is 0 Å². The predicted molar refractivity (Wildman–Crippen MR) is 70.9 cm³/mol. The van der Waals surface area contributed by atoms with Crippen LogP contribution in [0.3, 0.4) is 0 Å². The van der Waals surface area contributed by atoms with E-state index in [1.54, 1.807) is 26.4 Å². The molecule has 0 bridgehead atoms. The minimum Gasteiger partial charge on any atom is -0.495 e. The van der Waals surface area contributed by atoms with Crippen molar-refractivity contribution >= 4 is 0 Å². The lowest BCUT2D eigenvalue weighted by molar-refractivity contribution is 0.280. The number of hydrogen-bond acceptors (Lipinski definition) is 4. The zero-order valence-electron chi connectivity index (χ0n) is 11.0. The maximum absolute atomic E-state index is 9.16. The molecule has 1 aromatic rings. The normalized spacial score (nSPS) is 9.56. The number of nitrogens with one attached hydrogen (secondary N) is 1. The second-order valence-corrected chi connectivity index (χ2v) is 3.69. The number of aliphatic hydroxyl groups is 1. The molecule has 0 atom stereocenters. The minimum absolute atomic E-state index is 0.0554.